The number of esters is 1. The Bertz CT molecular complexity index is 307. The van der Waals surface area contributed by atoms with Gasteiger partial charge in [-0.25, -0.2) is 4.79 Å². The number of carbonyl (C=O) groups excluding carboxylic acids is 1. The van der Waals surface area contributed by atoms with Crippen LogP contribution >= 0.6 is 0 Å². The number of aliphatic hydroxyl groups is 1. The van der Waals surface area contributed by atoms with Crippen molar-refractivity contribution >= 4 is 5.97 Å². The van der Waals surface area contributed by atoms with Gasteiger partial charge in [-0.2, -0.15) is 0 Å². The average molecular weight is 259 g/mol. The van der Waals surface area contributed by atoms with Gasteiger partial charge in [-0.05, 0) is 34.6 Å². The van der Waals surface area contributed by atoms with Crippen molar-refractivity contribution in [2.45, 2.75) is 51.4 Å². The highest BCUT2D eigenvalue weighted by Crippen LogP contribution is 2.28. The fraction of sp³-hybridized carbons (Fsp3) is 0.923. The zero-order valence-corrected chi connectivity index (χ0v) is 12.2. The molecular formula is C13H25NO4. The Hall–Kier alpha value is -0.650. The molecule has 0 bridgehead atoms. The molecule has 5 nitrogen and oxygen atoms in total. The SMILES string of the molecule is COC(=O)C(C)(O)CN1CC(C)(C)OC(C)(C)C1. The summed E-state index contributed by atoms with van der Waals surface area (Å²) >= 11 is 0. The molecule has 5 heteroatoms. The summed E-state index contributed by atoms with van der Waals surface area (Å²) in [6.45, 7) is 11.1. The van der Waals surface area contributed by atoms with Crippen LogP contribution in [0.5, 0.6) is 0 Å². The Morgan fingerprint density at radius 2 is 1.78 bits per heavy atom. The van der Waals surface area contributed by atoms with Crippen molar-refractivity contribution in [3.05, 3.63) is 0 Å². The summed E-state index contributed by atoms with van der Waals surface area (Å²) in [4.78, 5) is 13.5. The molecule has 0 spiro atoms. The quantitative estimate of drug-likeness (QED) is 0.760. The Morgan fingerprint density at radius 1 is 1.33 bits per heavy atom. The molecule has 0 saturated carbocycles. The molecule has 1 unspecified atom stereocenters. The van der Waals surface area contributed by atoms with Crippen LogP contribution in [-0.2, 0) is 14.3 Å². The molecule has 0 aromatic carbocycles. The standard InChI is InChI=1S/C13H25NO4/c1-11(2)7-14(8-12(3,4)18-11)9-13(5,16)10(15)17-6/h16H,7-9H2,1-6H3. The van der Waals surface area contributed by atoms with Crippen molar-refractivity contribution in [3.8, 4) is 0 Å². The maximum absolute atomic E-state index is 11.5. The van der Waals surface area contributed by atoms with Crippen molar-refractivity contribution in [1.29, 1.82) is 0 Å². The molecule has 0 aromatic rings. The number of hydrogen-bond donors (Lipinski definition) is 1. The van der Waals surface area contributed by atoms with Gasteiger partial charge in [0.2, 0.25) is 0 Å². The molecule has 0 radical (unpaired) electrons. The predicted octanol–water partition coefficient (Wildman–Crippen LogP) is 0.800. The van der Waals surface area contributed by atoms with Gasteiger partial charge in [0.05, 0.1) is 18.3 Å². The lowest BCUT2D eigenvalue weighted by molar-refractivity contribution is -0.193. The predicted molar refractivity (Wildman–Crippen MR) is 68.3 cm³/mol. The van der Waals surface area contributed by atoms with Gasteiger partial charge in [-0.3, -0.25) is 4.90 Å². The third kappa shape index (κ3) is 3.93. The van der Waals surface area contributed by atoms with Crippen molar-refractivity contribution < 1.29 is 19.4 Å². The summed E-state index contributed by atoms with van der Waals surface area (Å²) in [6, 6.07) is 0. The fourth-order valence-corrected chi connectivity index (χ4v) is 2.78. The van der Waals surface area contributed by atoms with E-state index in [4.69, 9.17) is 4.74 Å². The molecule has 1 N–H and O–H groups in total. The summed E-state index contributed by atoms with van der Waals surface area (Å²) < 4.78 is 10.6. The monoisotopic (exact) mass is 259 g/mol. The smallest absolute Gasteiger partial charge is 0.338 e. The largest absolute Gasteiger partial charge is 0.467 e. The van der Waals surface area contributed by atoms with Gasteiger partial charge < -0.3 is 14.6 Å². The first kappa shape index (κ1) is 15.4. The Kier molecular flexibility index (Phi) is 4.10. The molecule has 1 saturated heterocycles. The summed E-state index contributed by atoms with van der Waals surface area (Å²) in [5, 5.41) is 10.1. The maximum Gasteiger partial charge on any atom is 0.338 e. The molecule has 1 heterocycles. The second-order valence-electron chi connectivity index (χ2n) is 6.53. The lowest BCUT2D eigenvalue weighted by atomic mass is 9.96. The van der Waals surface area contributed by atoms with Crippen LogP contribution in [0.1, 0.15) is 34.6 Å². The van der Waals surface area contributed by atoms with Gasteiger partial charge in [0, 0.05) is 19.6 Å². The second-order valence-corrected chi connectivity index (χ2v) is 6.53. The van der Waals surface area contributed by atoms with Gasteiger partial charge in [0.1, 0.15) is 0 Å². The van der Waals surface area contributed by atoms with E-state index in [1.165, 1.54) is 14.0 Å². The highest BCUT2D eigenvalue weighted by atomic mass is 16.5. The molecule has 106 valence electrons. The first-order valence-corrected chi connectivity index (χ1v) is 6.21. The van der Waals surface area contributed by atoms with Crippen LogP contribution in [0, 0.1) is 0 Å². The lowest BCUT2D eigenvalue weighted by Gasteiger charge is -2.48. The number of β-amino-alcohol motifs (C(OH)–C–C–N with tert-alkyl or cyclic N) is 1. The third-order valence-electron chi connectivity index (χ3n) is 2.92. The number of carbonyl (C=O) groups is 1. The Morgan fingerprint density at radius 3 is 2.17 bits per heavy atom. The first-order valence-electron chi connectivity index (χ1n) is 6.21. The van der Waals surface area contributed by atoms with Crippen molar-refractivity contribution in [2.75, 3.05) is 26.7 Å². The molecule has 0 aromatic heterocycles. The summed E-state index contributed by atoms with van der Waals surface area (Å²) in [5.41, 5.74) is -2.08. The summed E-state index contributed by atoms with van der Waals surface area (Å²) in [5.74, 6) is -0.607. The molecule has 1 aliphatic heterocycles. The van der Waals surface area contributed by atoms with E-state index < -0.39 is 11.6 Å². The van der Waals surface area contributed by atoms with Gasteiger partial charge >= 0.3 is 5.97 Å². The molecule has 1 atom stereocenters. The first-order chi connectivity index (χ1) is 7.97. The Balaban J connectivity index is 2.76. The van der Waals surface area contributed by atoms with E-state index in [2.05, 4.69) is 4.74 Å². The van der Waals surface area contributed by atoms with Gasteiger partial charge in [-0.15, -0.1) is 0 Å². The zero-order chi connectivity index (χ0) is 14.2. The van der Waals surface area contributed by atoms with Crippen molar-refractivity contribution in [2.24, 2.45) is 0 Å². The van der Waals surface area contributed by atoms with Crippen LogP contribution in [-0.4, -0.2) is 59.5 Å². The molecule has 1 aliphatic rings. The topological polar surface area (TPSA) is 59.0 Å². The van der Waals surface area contributed by atoms with Gasteiger partial charge in [0.15, 0.2) is 5.60 Å². The normalized spacial score (nSPS) is 26.4. The average Bonchev–Trinajstić information content (AvgIpc) is 2.09. The zero-order valence-electron chi connectivity index (χ0n) is 12.2. The van der Waals surface area contributed by atoms with Gasteiger partial charge in [-0.1, -0.05) is 0 Å². The second kappa shape index (κ2) is 4.79. The van der Waals surface area contributed by atoms with E-state index in [1.807, 2.05) is 32.6 Å². The fourth-order valence-electron chi connectivity index (χ4n) is 2.78. The number of nitrogens with zero attached hydrogens (tertiary/aromatic N) is 1. The van der Waals surface area contributed by atoms with E-state index in [0.29, 0.717) is 13.1 Å². The van der Waals surface area contributed by atoms with E-state index in [0.717, 1.165) is 0 Å². The van der Waals surface area contributed by atoms with Crippen LogP contribution < -0.4 is 0 Å². The van der Waals surface area contributed by atoms with Crippen molar-refractivity contribution in [3.63, 3.8) is 0 Å². The van der Waals surface area contributed by atoms with Crippen LogP contribution in [0.4, 0.5) is 0 Å². The van der Waals surface area contributed by atoms with E-state index in [1.54, 1.807) is 0 Å². The summed E-state index contributed by atoms with van der Waals surface area (Å²) in [7, 11) is 1.28. The number of morpholine rings is 1. The number of ether oxygens (including phenoxy) is 2. The third-order valence-corrected chi connectivity index (χ3v) is 2.92. The lowest BCUT2D eigenvalue weighted by Crippen LogP contribution is -2.60. The highest BCUT2D eigenvalue weighted by molar-refractivity contribution is 5.78. The van der Waals surface area contributed by atoms with E-state index >= 15 is 0 Å². The molecule has 18 heavy (non-hydrogen) atoms. The molecule has 0 aliphatic carbocycles. The highest BCUT2D eigenvalue weighted by Gasteiger charge is 2.42. The minimum Gasteiger partial charge on any atom is -0.467 e. The van der Waals surface area contributed by atoms with E-state index in [9.17, 15) is 9.90 Å². The molecule has 1 rings (SSSR count). The van der Waals surface area contributed by atoms with Crippen LogP contribution in [0.25, 0.3) is 0 Å². The Labute approximate surface area is 109 Å². The minimum absolute atomic E-state index is 0.246. The number of rotatable bonds is 3. The van der Waals surface area contributed by atoms with Gasteiger partial charge in [0.25, 0.3) is 0 Å². The molecule has 0 amide bonds. The minimum atomic E-state index is -1.49. The summed E-state index contributed by atoms with van der Waals surface area (Å²) in [6.07, 6.45) is 0. The van der Waals surface area contributed by atoms with Crippen molar-refractivity contribution in [1.82, 2.24) is 4.90 Å². The van der Waals surface area contributed by atoms with Crippen LogP contribution in [0.15, 0.2) is 0 Å². The molecule has 1 fully saturated rings. The van der Waals surface area contributed by atoms with E-state index in [-0.39, 0.29) is 17.7 Å². The maximum atomic E-state index is 11.5. The number of methoxy groups -OCH3 is 1. The molecular weight excluding hydrogens is 234 g/mol. The van der Waals surface area contributed by atoms with Crippen LogP contribution in [0.2, 0.25) is 0 Å². The number of hydrogen-bond acceptors (Lipinski definition) is 5. The van der Waals surface area contributed by atoms with Crippen LogP contribution in [0.3, 0.4) is 0 Å².